The van der Waals surface area contributed by atoms with Gasteiger partial charge in [0.05, 0.1) is 30.6 Å². The highest BCUT2D eigenvalue weighted by atomic mass is 32.2. The molecule has 8 heteroatoms. The number of hydrogen-bond acceptors (Lipinski definition) is 7. The zero-order valence-electron chi connectivity index (χ0n) is 19.1. The maximum atomic E-state index is 12.8. The van der Waals surface area contributed by atoms with Crippen molar-refractivity contribution in [3.05, 3.63) is 70.6 Å². The Hall–Kier alpha value is -3.39. The van der Waals surface area contributed by atoms with E-state index in [1.54, 1.807) is 29.7 Å². The molecule has 1 unspecified atom stereocenters. The molecule has 1 aliphatic carbocycles. The van der Waals surface area contributed by atoms with Crippen LogP contribution in [0.1, 0.15) is 36.6 Å². The fourth-order valence-electron chi connectivity index (χ4n) is 3.63. The van der Waals surface area contributed by atoms with Crippen molar-refractivity contribution in [1.82, 2.24) is 0 Å². The van der Waals surface area contributed by atoms with Gasteiger partial charge in [0.15, 0.2) is 23.7 Å². The molecule has 0 aliphatic heterocycles. The van der Waals surface area contributed by atoms with Gasteiger partial charge in [0.2, 0.25) is 0 Å². The molecule has 0 bridgehead atoms. The minimum atomic E-state index is -1.39. The van der Waals surface area contributed by atoms with Crippen LogP contribution in [0.4, 0.5) is 0 Å². The molecule has 0 amide bonds. The number of allylic oxidation sites excluding steroid dienone is 2. The third-order valence-electron chi connectivity index (χ3n) is 5.04. The van der Waals surface area contributed by atoms with E-state index in [0.717, 1.165) is 5.56 Å². The smallest absolute Gasteiger partial charge is 0.303 e. The number of hydrogen-bond donors (Lipinski definition) is 0. The summed E-state index contributed by atoms with van der Waals surface area (Å²) in [5, 5.41) is 1.56. The summed E-state index contributed by atoms with van der Waals surface area (Å²) >= 11 is 0. The lowest BCUT2D eigenvalue weighted by molar-refractivity contribution is -0.162. The summed E-state index contributed by atoms with van der Waals surface area (Å²) in [6.07, 6.45) is 1.52. The SMILES string of the molecule is COc1ccc2c(c1OC)[C@@H](OC(C)=O)[C@H](OC(C)=O)C=C2/C=C\S(=O)c1ccc(C)cc1. The molecule has 0 aromatic heterocycles. The van der Waals surface area contributed by atoms with E-state index in [9.17, 15) is 13.8 Å². The van der Waals surface area contributed by atoms with Crippen LogP contribution in [0.2, 0.25) is 0 Å². The zero-order valence-corrected chi connectivity index (χ0v) is 19.9. The van der Waals surface area contributed by atoms with E-state index in [-0.39, 0.29) is 0 Å². The molecule has 2 aromatic rings. The average Bonchev–Trinajstić information content (AvgIpc) is 2.78. The first kappa shape index (κ1) is 24.3. The zero-order chi connectivity index (χ0) is 24.1. The third-order valence-corrected chi connectivity index (χ3v) is 6.16. The first-order valence-electron chi connectivity index (χ1n) is 10.2. The van der Waals surface area contributed by atoms with E-state index in [0.29, 0.717) is 33.1 Å². The molecule has 0 spiro atoms. The first-order chi connectivity index (χ1) is 15.7. The van der Waals surface area contributed by atoms with Gasteiger partial charge >= 0.3 is 11.9 Å². The van der Waals surface area contributed by atoms with Gasteiger partial charge in [0, 0.05) is 24.2 Å². The molecular formula is C25H26O7S. The van der Waals surface area contributed by atoms with Crippen molar-refractivity contribution in [3.63, 3.8) is 0 Å². The van der Waals surface area contributed by atoms with Crippen molar-refractivity contribution in [3.8, 4) is 11.5 Å². The molecule has 3 rings (SSSR count). The number of esters is 2. The lowest BCUT2D eigenvalue weighted by Gasteiger charge is -2.32. The van der Waals surface area contributed by atoms with Gasteiger partial charge in [-0.05, 0) is 48.4 Å². The number of carbonyl (C=O) groups excluding carboxylic acids is 2. The van der Waals surface area contributed by atoms with Gasteiger partial charge in [-0.3, -0.25) is 9.59 Å². The van der Waals surface area contributed by atoms with Crippen LogP contribution in [0.3, 0.4) is 0 Å². The Balaban J connectivity index is 2.12. The van der Waals surface area contributed by atoms with Crippen LogP contribution < -0.4 is 9.47 Å². The summed E-state index contributed by atoms with van der Waals surface area (Å²) in [5.41, 5.74) is 2.90. The van der Waals surface area contributed by atoms with Crippen LogP contribution in [-0.4, -0.2) is 36.5 Å². The Kier molecular flexibility index (Phi) is 7.71. The minimum absolute atomic E-state index is 0.358. The van der Waals surface area contributed by atoms with Gasteiger partial charge in [-0.25, -0.2) is 4.21 Å². The molecule has 0 radical (unpaired) electrons. The maximum absolute atomic E-state index is 12.8. The molecule has 0 saturated carbocycles. The quantitative estimate of drug-likeness (QED) is 0.559. The van der Waals surface area contributed by atoms with Crippen LogP contribution >= 0.6 is 0 Å². The third kappa shape index (κ3) is 5.51. The molecule has 0 heterocycles. The molecule has 7 nitrogen and oxygen atoms in total. The van der Waals surface area contributed by atoms with E-state index in [1.165, 1.54) is 28.1 Å². The Labute approximate surface area is 195 Å². The van der Waals surface area contributed by atoms with E-state index in [4.69, 9.17) is 18.9 Å². The molecule has 3 atom stereocenters. The second-order valence-corrected chi connectivity index (χ2v) is 8.74. The van der Waals surface area contributed by atoms with Gasteiger partial charge in [0.1, 0.15) is 0 Å². The average molecular weight is 471 g/mol. The number of fused-ring (bicyclic) bond motifs is 1. The van der Waals surface area contributed by atoms with Crippen molar-refractivity contribution in [2.45, 2.75) is 37.9 Å². The summed E-state index contributed by atoms with van der Waals surface area (Å²) in [7, 11) is 1.58. The predicted molar refractivity (Wildman–Crippen MR) is 124 cm³/mol. The Morgan fingerprint density at radius 3 is 2.18 bits per heavy atom. The molecule has 0 fully saturated rings. The van der Waals surface area contributed by atoms with Crippen molar-refractivity contribution < 1.29 is 32.7 Å². The molecule has 2 aromatic carbocycles. The van der Waals surface area contributed by atoms with E-state index in [1.807, 2.05) is 31.2 Å². The standard InChI is InChI=1S/C25H26O7S/c1-15-6-8-19(9-7-15)33(28)13-12-18-14-22(31-16(2)26)25(32-17(3)27)23-20(18)10-11-21(29-4)24(23)30-5/h6-14,22,25H,1-5H3/b13-12-/t22-,25+,33?/m1/s1. The van der Waals surface area contributed by atoms with Crippen molar-refractivity contribution >= 4 is 28.3 Å². The van der Waals surface area contributed by atoms with Crippen LogP contribution in [0.25, 0.3) is 5.57 Å². The van der Waals surface area contributed by atoms with Crippen molar-refractivity contribution in [2.24, 2.45) is 0 Å². The predicted octanol–water partition coefficient (Wildman–Crippen LogP) is 4.27. The molecule has 0 saturated heterocycles. The highest BCUT2D eigenvalue weighted by molar-refractivity contribution is 7.88. The maximum Gasteiger partial charge on any atom is 0.303 e. The van der Waals surface area contributed by atoms with Crippen molar-refractivity contribution in [1.29, 1.82) is 0 Å². The van der Waals surface area contributed by atoms with Gasteiger partial charge in [-0.2, -0.15) is 0 Å². The summed E-state index contributed by atoms with van der Waals surface area (Å²) in [5.74, 6) is -0.286. The normalized spacial score (nSPS) is 18.2. The Bertz CT molecular complexity index is 1130. The van der Waals surface area contributed by atoms with E-state index < -0.39 is 34.9 Å². The number of benzene rings is 2. The lowest BCUT2D eigenvalue weighted by Crippen LogP contribution is -2.30. The molecule has 174 valence electrons. The van der Waals surface area contributed by atoms with Crippen LogP contribution in [-0.2, 0) is 29.9 Å². The molecular weight excluding hydrogens is 444 g/mol. The second kappa shape index (κ2) is 10.5. The second-order valence-electron chi connectivity index (χ2n) is 7.40. The Morgan fingerprint density at radius 2 is 1.61 bits per heavy atom. The first-order valence-corrected chi connectivity index (χ1v) is 11.4. The Morgan fingerprint density at radius 1 is 0.939 bits per heavy atom. The lowest BCUT2D eigenvalue weighted by atomic mass is 9.86. The summed E-state index contributed by atoms with van der Waals surface area (Å²) in [6.45, 7) is 4.52. The fourth-order valence-corrected chi connectivity index (χ4v) is 4.46. The minimum Gasteiger partial charge on any atom is -0.493 e. The van der Waals surface area contributed by atoms with Gasteiger partial charge in [-0.15, -0.1) is 0 Å². The van der Waals surface area contributed by atoms with Gasteiger partial charge < -0.3 is 18.9 Å². The molecule has 33 heavy (non-hydrogen) atoms. The van der Waals surface area contributed by atoms with Crippen molar-refractivity contribution in [2.75, 3.05) is 14.2 Å². The van der Waals surface area contributed by atoms with Crippen LogP contribution in [0.5, 0.6) is 11.5 Å². The fraction of sp³-hybridized carbons (Fsp3) is 0.280. The highest BCUT2D eigenvalue weighted by Crippen LogP contribution is 2.46. The number of aryl methyl sites for hydroxylation is 1. The van der Waals surface area contributed by atoms with Crippen LogP contribution in [0.15, 0.2) is 58.9 Å². The molecule has 0 N–H and O–H groups in total. The molecule has 1 aliphatic rings. The number of carbonyl (C=O) groups is 2. The number of ether oxygens (including phenoxy) is 4. The van der Waals surface area contributed by atoms with E-state index in [2.05, 4.69) is 0 Å². The van der Waals surface area contributed by atoms with Gasteiger partial charge in [0.25, 0.3) is 0 Å². The summed E-state index contributed by atoms with van der Waals surface area (Å²) in [4.78, 5) is 24.3. The summed E-state index contributed by atoms with van der Waals surface area (Å²) < 4.78 is 34.8. The van der Waals surface area contributed by atoms with E-state index >= 15 is 0 Å². The summed E-state index contributed by atoms with van der Waals surface area (Å²) in [6, 6.07) is 10.9. The number of rotatable bonds is 7. The topological polar surface area (TPSA) is 88.1 Å². The monoisotopic (exact) mass is 470 g/mol. The largest absolute Gasteiger partial charge is 0.493 e. The van der Waals surface area contributed by atoms with Gasteiger partial charge in [-0.1, -0.05) is 23.8 Å². The highest BCUT2D eigenvalue weighted by Gasteiger charge is 2.37. The van der Waals surface area contributed by atoms with Crippen LogP contribution in [0, 0.1) is 6.92 Å². The number of methoxy groups -OCH3 is 2.